The fourth-order valence-electron chi connectivity index (χ4n) is 1.71. The second-order valence-electron chi connectivity index (χ2n) is 4.26. The minimum Gasteiger partial charge on any atom is -0.459 e. The van der Waals surface area contributed by atoms with Crippen LogP contribution in [-0.2, 0) is 9.53 Å². The number of allylic oxidation sites excluding steroid dienone is 1. The molecule has 0 aromatic carbocycles. The first kappa shape index (κ1) is 11.3. The van der Waals surface area contributed by atoms with Crippen molar-refractivity contribution in [3.8, 4) is 0 Å². The molecule has 1 saturated carbocycles. The molecule has 14 heavy (non-hydrogen) atoms. The summed E-state index contributed by atoms with van der Waals surface area (Å²) in [5.41, 5.74) is 0.712. The molecule has 0 heterocycles. The molecule has 0 spiro atoms. The van der Waals surface area contributed by atoms with Crippen molar-refractivity contribution in [1.82, 2.24) is 0 Å². The Morgan fingerprint density at radius 2 is 1.86 bits per heavy atom. The lowest BCUT2D eigenvalue weighted by Crippen LogP contribution is -2.23. The molecule has 1 fully saturated rings. The van der Waals surface area contributed by atoms with Gasteiger partial charge in [-0.1, -0.05) is 13.0 Å². The van der Waals surface area contributed by atoms with Crippen LogP contribution in [0.25, 0.3) is 0 Å². The van der Waals surface area contributed by atoms with Crippen LogP contribution in [0.2, 0.25) is 0 Å². The Labute approximate surface area is 86.3 Å². The van der Waals surface area contributed by atoms with Gasteiger partial charge in [0.2, 0.25) is 0 Å². The minimum absolute atomic E-state index is 0.146. The largest absolute Gasteiger partial charge is 0.459 e. The molecule has 0 unspecified atom stereocenters. The molecule has 0 amide bonds. The van der Waals surface area contributed by atoms with Crippen LogP contribution < -0.4 is 0 Å². The average molecular weight is 196 g/mol. The fourth-order valence-corrected chi connectivity index (χ4v) is 1.71. The highest BCUT2D eigenvalue weighted by Crippen LogP contribution is 2.25. The lowest BCUT2D eigenvalue weighted by molar-refractivity contribution is -0.146. The van der Waals surface area contributed by atoms with Crippen molar-refractivity contribution in [2.75, 3.05) is 0 Å². The Hall–Kier alpha value is -0.790. The van der Waals surface area contributed by atoms with Gasteiger partial charge in [0.15, 0.2) is 0 Å². The zero-order valence-electron chi connectivity index (χ0n) is 9.38. The number of carbonyl (C=O) groups is 1. The van der Waals surface area contributed by atoms with Crippen molar-refractivity contribution in [1.29, 1.82) is 0 Å². The van der Waals surface area contributed by atoms with Crippen molar-refractivity contribution in [2.45, 2.75) is 52.6 Å². The lowest BCUT2D eigenvalue weighted by atomic mass is 9.89. The molecular weight excluding hydrogens is 176 g/mol. The van der Waals surface area contributed by atoms with Crippen LogP contribution in [-0.4, -0.2) is 12.1 Å². The summed E-state index contributed by atoms with van der Waals surface area (Å²) in [6.45, 7) is 5.92. The molecule has 0 N–H and O–H groups in total. The number of rotatable bonds is 2. The van der Waals surface area contributed by atoms with Crippen LogP contribution in [0.3, 0.4) is 0 Å². The monoisotopic (exact) mass is 196 g/mol. The van der Waals surface area contributed by atoms with Crippen molar-refractivity contribution in [3.05, 3.63) is 11.6 Å². The van der Waals surface area contributed by atoms with Gasteiger partial charge in [-0.05, 0) is 45.4 Å². The summed E-state index contributed by atoms with van der Waals surface area (Å²) in [5, 5.41) is 0. The zero-order valence-corrected chi connectivity index (χ0v) is 9.38. The van der Waals surface area contributed by atoms with Gasteiger partial charge in [0.05, 0.1) is 0 Å². The molecular formula is C12H20O2. The third-order valence-electron chi connectivity index (χ3n) is 2.99. The smallest absolute Gasteiger partial charge is 0.333 e. The highest BCUT2D eigenvalue weighted by Gasteiger charge is 2.21. The molecule has 0 radical (unpaired) electrons. The first-order chi connectivity index (χ1) is 6.63. The van der Waals surface area contributed by atoms with Crippen LogP contribution in [0.15, 0.2) is 11.6 Å². The van der Waals surface area contributed by atoms with Gasteiger partial charge >= 0.3 is 5.97 Å². The molecule has 0 aromatic heterocycles. The summed E-state index contributed by atoms with van der Waals surface area (Å²) in [5.74, 6) is 0.653. The Balaban J connectivity index is 2.35. The number of hydrogen-bond acceptors (Lipinski definition) is 2. The first-order valence-corrected chi connectivity index (χ1v) is 5.47. The van der Waals surface area contributed by atoms with E-state index in [9.17, 15) is 4.79 Å². The van der Waals surface area contributed by atoms with Crippen LogP contribution in [0, 0.1) is 5.92 Å². The molecule has 0 bridgehead atoms. The van der Waals surface area contributed by atoms with Crippen molar-refractivity contribution in [2.24, 2.45) is 5.92 Å². The maximum absolute atomic E-state index is 11.4. The topological polar surface area (TPSA) is 26.3 Å². The summed E-state index contributed by atoms with van der Waals surface area (Å²) < 4.78 is 5.39. The van der Waals surface area contributed by atoms with Crippen LogP contribution >= 0.6 is 0 Å². The summed E-state index contributed by atoms with van der Waals surface area (Å²) in [7, 11) is 0. The molecule has 0 saturated heterocycles. The SMILES string of the molecule is CC=C(C)C(=O)OC1CCC(C)CC1. The van der Waals surface area contributed by atoms with E-state index >= 15 is 0 Å². The Kier molecular flexibility index (Phi) is 4.18. The maximum Gasteiger partial charge on any atom is 0.333 e. The van der Waals surface area contributed by atoms with Crippen molar-refractivity contribution in [3.63, 3.8) is 0 Å². The highest BCUT2D eigenvalue weighted by atomic mass is 16.5. The van der Waals surface area contributed by atoms with Gasteiger partial charge in [0.1, 0.15) is 6.10 Å². The molecule has 2 nitrogen and oxygen atoms in total. The van der Waals surface area contributed by atoms with E-state index in [2.05, 4.69) is 6.92 Å². The van der Waals surface area contributed by atoms with E-state index in [1.54, 1.807) is 13.0 Å². The number of ether oxygens (including phenoxy) is 1. The third kappa shape index (κ3) is 3.17. The quantitative estimate of drug-likeness (QED) is 0.501. The van der Waals surface area contributed by atoms with E-state index in [0.717, 1.165) is 18.8 Å². The molecule has 0 aromatic rings. The maximum atomic E-state index is 11.4. The average Bonchev–Trinajstić information content (AvgIpc) is 2.20. The van der Waals surface area contributed by atoms with Crippen molar-refractivity contribution >= 4 is 5.97 Å². The van der Waals surface area contributed by atoms with Crippen molar-refractivity contribution < 1.29 is 9.53 Å². The zero-order chi connectivity index (χ0) is 10.6. The number of esters is 1. The normalized spacial score (nSPS) is 28.6. The third-order valence-corrected chi connectivity index (χ3v) is 2.99. The van der Waals surface area contributed by atoms with E-state index in [0.29, 0.717) is 5.57 Å². The van der Waals surface area contributed by atoms with Gasteiger partial charge in [-0.15, -0.1) is 0 Å². The second-order valence-corrected chi connectivity index (χ2v) is 4.26. The lowest BCUT2D eigenvalue weighted by Gasteiger charge is -2.26. The summed E-state index contributed by atoms with van der Waals surface area (Å²) in [4.78, 5) is 11.4. The molecule has 0 atom stereocenters. The molecule has 1 aliphatic rings. The van der Waals surface area contributed by atoms with E-state index in [-0.39, 0.29) is 12.1 Å². The first-order valence-electron chi connectivity index (χ1n) is 5.47. The van der Waals surface area contributed by atoms with Crippen LogP contribution in [0.4, 0.5) is 0 Å². The van der Waals surface area contributed by atoms with Gasteiger partial charge in [-0.2, -0.15) is 0 Å². The second kappa shape index (κ2) is 5.18. The summed E-state index contributed by atoms with van der Waals surface area (Å²) >= 11 is 0. The van der Waals surface area contributed by atoms with Gasteiger partial charge < -0.3 is 4.74 Å². The van der Waals surface area contributed by atoms with Gasteiger partial charge in [-0.25, -0.2) is 4.79 Å². The summed E-state index contributed by atoms with van der Waals surface area (Å²) in [6, 6.07) is 0. The standard InChI is InChI=1S/C12H20O2/c1-4-10(3)12(13)14-11-7-5-9(2)6-8-11/h4,9,11H,5-8H2,1-3H3. The minimum atomic E-state index is -0.146. The van der Waals surface area contributed by atoms with Crippen LogP contribution in [0.1, 0.15) is 46.5 Å². The summed E-state index contributed by atoms with van der Waals surface area (Å²) in [6.07, 6.45) is 6.40. The highest BCUT2D eigenvalue weighted by molar-refractivity contribution is 5.87. The number of carbonyl (C=O) groups excluding carboxylic acids is 1. The Bertz CT molecular complexity index is 222. The molecule has 80 valence electrons. The predicted octanol–water partition coefficient (Wildman–Crippen LogP) is 3.07. The molecule has 1 rings (SSSR count). The molecule has 2 heteroatoms. The van der Waals surface area contributed by atoms with E-state index in [1.165, 1.54) is 12.8 Å². The van der Waals surface area contributed by atoms with E-state index < -0.39 is 0 Å². The van der Waals surface area contributed by atoms with Crippen LogP contribution in [0.5, 0.6) is 0 Å². The predicted molar refractivity (Wildman–Crippen MR) is 56.9 cm³/mol. The fraction of sp³-hybridized carbons (Fsp3) is 0.750. The Morgan fingerprint density at radius 1 is 1.29 bits per heavy atom. The van der Waals surface area contributed by atoms with Gasteiger partial charge in [0.25, 0.3) is 0 Å². The van der Waals surface area contributed by atoms with E-state index in [4.69, 9.17) is 4.74 Å². The molecule has 1 aliphatic carbocycles. The van der Waals surface area contributed by atoms with E-state index in [1.807, 2.05) is 6.92 Å². The number of hydrogen-bond donors (Lipinski definition) is 0. The van der Waals surface area contributed by atoms with Gasteiger partial charge in [-0.3, -0.25) is 0 Å². The Morgan fingerprint density at radius 3 is 2.36 bits per heavy atom. The van der Waals surface area contributed by atoms with Gasteiger partial charge in [0, 0.05) is 5.57 Å². The molecule has 0 aliphatic heterocycles.